The Morgan fingerprint density at radius 2 is 0.737 bits per heavy atom. The summed E-state index contributed by atoms with van der Waals surface area (Å²) in [5.74, 6) is 4.20. The van der Waals surface area contributed by atoms with Crippen LogP contribution in [0.4, 0.5) is 0 Å². The minimum Gasteiger partial charge on any atom is -0.496 e. The number of hydrogen-bond acceptors (Lipinski definition) is 5. The van der Waals surface area contributed by atoms with Crippen LogP contribution in [0, 0.1) is 0 Å². The molecule has 1 heterocycles. The average molecular weight is 785 g/mol. The van der Waals surface area contributed by atoms with Crippen LogP contribution in [0.25, 0.3) is 22.3 Å². The maximum Gasteiger partial charge on any atom is 0.134 e. The predicted octanol–water partition coefficient (Wildman–Crippen LogP) is 13.5. The number of methoxy groups -OCH3 is 4. The molecule has 0 saturated carbocycles. The second-order valence-electron chi connectivity index (χ2n) is 16.5. The Hall–Kier alpha value is -4.60. The van der Waals surface area contributed by atoms with Crippen molar-refractivity contribution in [2.75, 3.05) is 28.4 Å². The van der Waals surface area contributed by atoms with E-state index in [0.717, 1.165) is 34.1 Å². The molecule has 1 aliphatic heterocycles. The molecule has 300 valence electrons. The Morgan fingerprint density at radius 3 is 1.02 bits per heavy atom. The highest BCUT2D eigenvalue weighted by molar-refractivity contribution is 7.67. The van der Waals surface area contributed by atoms with Gasteiger partial charge in [-0.05, 0) is 97.7 Å². The van der Waals surface area contributed by atoms with Crippen molar-refractivity contribution < 1.29 is 23.7 Å². The van der Waals surface area contributed by atoms with E-state index in [0.29, 0.717) is 12.8 Å². The predicted molar refractivity (Wildman–Crippen MR) is 239 cm³/mol. The van der Waals surface area contributed by atoms with Crippen LogP contribution in [0.5, 0.6) is 23.0 Å². The quantitative estimate of drug-likeness (QED) is 0.111. The molecule has 0 spiro atoms. The topological polar surface area (TPSA) is 54.0 Å². The molecule has 0 N–H and O–H groups in total. The van der Waals surface area contributed by atoms with E-state index in [1.807, 2.05) is 36.4 Å². The molecule has 1 aliphatic rings. The summed E-state index contributed by atoms with van der Waals surface area (Å²) < 4.78 is 24.8. The number of hydrogen-bond donors (Lipinski definition) is 0. The van der Waals surface area contributed by atoms with Crippen molar-refractivity contribution in [2.24, 2.45) is 0 Å². The lowest BCUT2D eigenvalue weighted by molar-refractivity contribution is -0.119. The molecule has 5 aromatic carbocycles. The molecular formula is C51H61O5P. The van der Waals surface area contributed by atoms with E-state index >= 15 is 0 Å². The van der Waals surface area contributed by atoms with Gasteiger partial charge in [0.2, 0.25) is 0 Å². The molecule has 57 heavy (non-hydrogen) atoms. The van der Waals surface area contributed by atoms with E-state index < -0.39 is 7.92 Å². The monoisotopic (exact) mass is 784 g/mol. The summed E-state index contributed by atoms with van der Waals surface area (Å²) in [5.41, 5.74) is 11.7. The van der Waals surface area contributed by atoms with E-state index in [4.69, 9.17) is 18.9 Å². The molecule has 2 unspecified atom stereocenters. The fourth-order valence-corrected chi connectivity index (χ4v) is 12.9. The van der Waals surface area contributed by atoms with Crippen LogP contribution in [0.2, 0.25) is 0 Å². The van der Waals surface area contributed by atoms with Crippen molar-refractivity contribution in [2.45, 2.75) is 103 Å². The molecule has 5 aromatic rings. The van der Waals surface area contributed by atoms with E-state index in [2.05, 4.69) is 110 Å². The first-order valence-corrected chi connectivity index (χ1v) is 22.0. The maximum absolute atomic E-state index is 14.5. The van der Waals surface area contributed by atoms with Crippen LogP contribution in [0.15, 0.2) is 91.0 Å². The van der Waals surface area contributed by atoms with Gasteiger partial charge in [-0.3, -0.25) is 4.79 Å². The largest absolute Gasteiger partial charge is 0.496 e. The fraction of sp³-hybridized carbons (Fsp3) is 0.392. The van der Waals surface area contributed by atoms with Crippen LogP contribution >= 0.6 is 7.92 Å². The molecule has 0 aromatic heterocycles. The van der Waals surface area contributed by atoms with Crippen LogP contribution in [-0.4, -0.2) is 34.2 Å². The molecule has 6 rings (SSSR count). The second kappa shape index (κ2) is 17.9. The molecular weight excluding hydrogens is 724 g/mol. The van der Waals surface area contributed by atoms with Gasteiger partial charge in [0.25, 0.3) is 0 Å². The van der Waals surface area contributed by atoms with E-state index in [-0.39, 0.29) is 40.8 Å². The van der Waals surface area contributed by atoms with Gasteiger partial charge in [0.05, 0.1) is 28.4 Å². The normalized spacial score (nSPS) is 17.1. The first-order chi connectivity index (χ1) is 27.4. The summed E-state index contributed by atoms with van der Waals surface area (Å²) in [4.78, 5) is 14.5. The van der Waals surface area contributed by atoms with Crippen molar-refractivity contribution >= 4 is 19.0 Å². The Bertz CT molecular complexity index is 1970. The van der Waals surface area contributed by atoms with Crippen molar-refractivity contribution in [3.63, 3.8) is 0 Å². The van der Waals surface area contributed by atoms with Gasteiger partial charge in [-0.15, -0.1) is 0 Å². The zero-order valence-corrected chi connectivity index (χ0v) is 36.9. The molecule has 6 heteroatoms. The lowest BCUT2D eigenvalue weighted by Crippen LogP contribution is -2.27. The highest BCUT2D eigenvalue weighted by Crippen LogP contribution is 2.71. The first-order valence-electron chi connectivity index (χ1n) is 20.5. The highest BCUT2D eigenvalue weighted by atomic mass is 31.1. The summed E-state index contributed by atoms with van der Waals surface area (Å²) in [6.45, 7) is 18.4. The number of Topliss-reactive ketones (excluding diaryl/α,β-unsaturated/α-hetero) is 1. The Labute approximate surface area is 342 Å². The van der Waals surface area contributed by atoms with E-state index in [1.165, 1.54) is 49.8 Å². The van der Waals surface area contributed by atoms with Crippen LogP contribution in [0.3, 0.4) is 0 Å². The van der Waals surface area contributed by atoms with Gasteiger partial charge in [0.15, 0.2) is 0 Å². The third kappa shape index (κ3) is 7.98. The number of ketones is 1. The van der Waals surface area contributed by atoms with Crippen molar-refractivity contribution in [3.8, 4) is 45.3 Å². The van der Waals surface area contributed by atoms with E-state index in [9.17, 15) is 4.79 Å². The maximum atomic E-state index is 14.5. The summed E-state index contributed by atoms with van der Waals surface area (Å²) in [7, 11) is 5.54. The van der Waals surface area contributed by atoms with Gasteiger partial charge in [0, 0.05) is 35.3 Å². The summed E-state index contributed by atoms with van der Waals surface area (Å²) in [6, 6.07) is 32.6. The number of benzene rings is 5. The minimum atomic E-state index is -1.32. The minimum absolute atomic E-state index is 0.194. The molecule has 0 aliphatic carbocycles. The van der Waals surface area contributed by atoms with Crippen LogP contribution in [0.1, 0.15) is 137 Å². The standard InChI is InChI=1S/C51H61O5P/c1-30(2)35-18-13-19-36(31(3)4)47(35)39-22-15-23-40(48-37(32(5)6)20-14-21-38(48)33(7)8)51(39)57-45(49-41(53-9)24-16-25-42(49)54-10)28-34(52)29-46(57)50-43(55-11)26-17-27-44(50)56-12/h13-27,30-33,45-46H,28-29H2,1-12H3. The number of carbonyl (C=O) groups excluding carboxylic acids is 1. The zero-order chi connectivity index (χ0) is 41.1. The third-order valence-electron chi connectivity index (χ3n) is 11.7. The fourth-order valence-electron chi connectivity index (χ4n) is 9.09. The van der Waals surface area contributed by atoms with Gasteiger partial charge >= 0.3 is 0 Å². The Morgan fingerprint density at radius 1 is 0.456 bits per heavy atom. The van der Waals surface area contributed by atoms with Gasteiger partial charge < -0.3 is 18.9 Å². The molecule has 1 fully saturated rings. The SMILES string of the molecule is COc1cccc(OC)c1C1CC(=O)CC(c2c(OC)cccc2OC)P1c1c(-c2c(C(C)C)cccc2C(C)C)cccc1-c1c(C(C)C)cccc1C(C)C. The molecule has 0 amide bonds. The van der Waals surface area contributed by atoms with Crippen molar-refractivity contribution in [3.05, 3.63) is 124 Å². The third-order valence-corrected chi connectivity index (χ3v) is 14.9. The number of carbonyl (C=O) groups is 1. The number of rotatable bonds is 13. The lowest BCUT2D eigenvalue weighted by atomic mass is 9.82. The second-order valence-corrected chi connectivity index (χ2v) is 19.0. The van der Waals surface area contributed by atoms with Crippen LogP contribution < -0.4 is 24.3 Å². The summed E-state index contributed by atoms with van der Waals surface area (Å²) in [6.07, 6.45) is 0.714. The summed E-state index contributed by atoms with van der Waals surface area (Å²) in [5, 5.41) is 1.29. The summed E-state index contributed by atoms with van der Waals surface area (Å²) >= 11 is 0. The van der Waals surface area contributed by atoms with Gasteiger partial charge in [-0.2, -0.15) is 0 Å². The van der Waals surface area contributed by atoms with Gasteiger partial charge in [-0.1, -0.05) is 130 Å². The van der Waals surface area contributed by atoms with Crippen LogP contribution in [-0.2, 0) is 4.79 Å². The zero-order valence-electron chi connectivity index (χ0n) is 36.0. The van der Waals surface area contributed by atoms with Gasteiger partial charge in [0.1, 0.15) is 28.8 Å². The molecule has 0 bridgehead atoms. The smallest absolute Gasteiger partial charge is 0.134 e. The molecule has 1 saturated heterocycles. The number of ether oxygens (including phenoxy) is 4. The first kappa shape index (κ1) is 42.0. The Kier molecular flexibility index (Phi) is 13.2. The van der Waals surface area contributed by atoms with Crippen molar-refractivity contribution in [1.82, 2.24) is 0 Å². The highest BCUT2D eigenvalue weighted by Gasteiger charge is 2.46. The molecule has 2 atom stereocenters. The van der Waals surface area contributed by atoms with E-state index in [1.54, 1.807) is 28.4 Å². The lowest BCUT2D eigenvalue weighted by Gasteiger charge is -2.42. The van der Waals surface area contributed by atoms with Crippen molar-refractivity contribution in [1.29, 1.82) is 0 Å². The van der Waals surface area contributed by atoms with Gasteiger partial charge in [-0.25, -0.2) is 0 Å². The molecule has 0 radical (unpaired) electrons. The Balaban J connectivity index is 1.91. The molecule has 5 nitrogen and oxygen atoms in total. The average Bonchev–Trinajstić information content (AvgIpc) is 3.21.